The normalized spacial score (nSPS) is 23.6. The fourth-order valence-corrected chi connectivity index (χ4v) is 3.81. The van der Waals surface area contributed by atoms with E-state index in [4.69, 9.17) is 11.6 Å². The van der Waals surface area contributed by atoms with Crippen LogP contribution in [0.2, 0.25) is 5.02 Å². The summed E-state index contributed by atoms with van der Waals surface area (Å²) in [7, 11) is 0. The minimum atomic E-state index is -0.467. The molecule has 0 aromatic heterocycles. The van der Waals surface area contributed by atoms with Crippen molar-refractivity contribution >= 4 is 11.6 Å². The van der Waals surface area contributed by atoms with Gasteiger partial charge in [0.05, 0.1) is 11.5 Å². The van der Waals surface area contributed by atoms with Gasteiger partial charge in [-0.25, -0.2) is 4.39 Å². The first-order valence-corrected chi connectivity index (χ1v) is 6.34. The molecular weight excluding hydrogens is 237 g/mol. The first kappa shape index (κ1) is 11.0. The van der Waals surface area contributed by atoms with Crippen LogP contribution >= 0.6 is 11.6 Å². The highest BCUT2D eigenvalue weighted by Gasteiger charge is 2.58. The Morgan fingerprint density at radius 2 is 2.00 bits per heavy atom. The lowest BCUT2D eigenvalue weighted by molar-refractivity contribution is -0.0226. The molecule has 2 aliphatic rings. The van der Waals surface area contributed by atoms with Crippen LogP contribution in [0.1, 0.15) is 37.7 Å². The molecule has 2 fully saturated rings. The largest absolute Gasteiger partial charge is 0.207 e. The van der Waals surface area contributed by atoms with Gasteiger partial charge in [0.1, 0.15) is 5.82 Å². The van der Waals surface area contributed by atoms with Gasteiger partial charge in [-0.15, -0.1) is 0 Å². The maximum atomic E-state index is 13.0. The lowest BCUT2D eigenvalue weighted by Crippen LogP contribution is -2.52. The summed E-state index contributed by atoms with van der Waals surface area (Å²) in [5.41, 5.74) is 0.735. The second kappa shape index (κ2) is 3.46. The molecule has 0 amide bonds. The first-order valence-electron chi connectivity index (χ1n) is 5.96. The SMILES string of the molecule is N#CC1(c2ccc(F)cc2Cl)CC2(CCC2)C1. The van der Waals surface area contributed by atoms with Crippen LogP contribution in [-0.2, 0) is 5.41 Å². The summed E-state index contributed by atoms with van der Waals surface area (Å²) >= 11 is 6.07. The number of nitriles is 1. The second-order valence-electron chi connectivity index (χ2n) is 5.53. The van der Waals surface area contributed by atoms with Crippen molar-refractivity contribution in [1.29, 1.82) is 5.26 Å². The van der Waals surface area contributed by atoms with Gasteiger partial charge in [0, 0.05) is 5.02 Å². The van der Waals surface area contributed by atoms with E-state index in [2.05, 4.69) is 6.07 Å². The number of hydrogen-bond acceptors (Lipinski definition) is 1. The average Bonchev–Trinajstić information content (AvgIpc) is 2.17. The van der Waals surface area contributed by atoms with Crippen molar-refractivity contribution < 1.29 is 4.39 Å². The molecule has 0 N–H and O–H groups in total. The Bertz CT molecular complexity index is 505. The molecule has 0 aliphatic heterocycles. The molecule has 0 radical (unpaired) electrons. The lowest BCUT2D eigenvalue weighted by Gasteiger charge is -2.58. The third-order valence-electron chi connectivity index (χ3n) is 4.43. The smallest absolute Gasteiger partial charge is 0.124 e. The molecule has 0 unspecified atom stereocenters. The molecule has 3 rings (SSSR count). The number of rotatable bonds is 1. The molecule has 0 bridgehead atoms. The van der Waals surface area contributed by atoms with Crippen molar-refractivity contribution in [3.8, 4) is 6.07 Å². The molecular formula is C14H13ClFN. The molecule has 2 saturated carbocycles. The number of benzene rings is 1. The fraction of sp³-hybridized carbons (Fsp3) is 0.500. The average molecular weight is 250 g/mol. The van der Waals surface area contributed by atoms with Gasteiger partial charge in [0.25, 0.3) is 0 Å². The third kappa shape index (κ3) is 1.49. The minimum Gasteiger partial charge on any atom is -0.207 e. The lowest BCUT2D eigenvalue weighted by atomic mass is 9.44. The second-order valence-corrected chi connectivity index (χ2v) is 5.93. The predicted molar refractivity (Wildman–Crippen MR) is 64.2 cm³/mol. The quantitative estimate of drug-likeness (QED) is 0.732. The molecule has 3 heteroatoms. The maximum Gasteiger partial charge on any atom is 0.124 e. The molecule has 1 nitrogen and oxygen atoms in total. The number of halogens is 2. The van der Waals surface area contributed by atoms with Gasteiger partial charge in [0.15, 0.2) is 0 Å². The van der Waals surface area contributed by atoms with Crippen molar-refractivity contribution in [3.05, 3.63) is 34.6 Å². The van der Waals surface area contributed by atoms with Gasteiger partial charge in [0.2, 0.25) is 0 Å². The summed E-state index contributed by atoms with van der Waals surface area (Å²) in [6.07, 6.45) is 5.52. The van der Waals surface area contributed by atoms with Crippen molar-refractivity contribution in [2.75, 3.05) is 0 Å². The summed E-state index contributed by atoms with van der Waals surface area (Å²) in [5.74, 6) is -0.343. The van der Waals surface area contributed by atoms with Crippen LogP contribution in [0.15, 0.2) is 18.2 Å². The van der Waals surface area contributed by atoms with E-state index in [-0.39, 0.29) is 5.82 Å². The highest BCUT2D eigenvalue weighted by Crippen LogP contribution is 2.65. The van der Waals surface area contributed by atoms with E-state index < -0.39 is 5.41 Å². The highest BCUT2D eigenvalue weighted by atomic mass is 35.5. The van der Waals surface area contributed by atoms with E-state index in [0.717, 1.165) is 18.4 Å². The summed E-state index contributed by atoms with van der Waals surface area (Å²) in [4.78, 5) is 0. The summed E-state index contributed by atoms with van der Waals surface area (Å²) in [6, 6.07) is 6.78. The Labute approximate surface area is 105 Å². The molecule has 17 heavy (non-hydrogen) atoms. The first-order chi connectivity index (χ1) is 8.09. The Morgan fingerprint density at radius 3 is 2.47 bits per heavy atom. The van der Waals surface area contributed by atoms with E-state index in [9.17, 15) is 9.65 Å². The zero-order chi connectivity index (χ0) is 12.1. The van der Waals surface area contributed by atoms with E-state index in [0.29, 0.717) is 10.4 Å². The molecule has 1 spiro atoms. The van der Waals surface area contributed by atoms with Gasteiger partial charge < -0.3 is 0 Å². The zero-order valence-electron chi connectivity index (χ0n) is 9.47. The van der Waals surface area contributed by atoms with E-state index in [1.807, 2.05) is 0 Å². The monoisotopic (exact) mass is 249 g/mol. The highest BCUT2D eigenvalue weighted by molar-refractivity contribution is 6.31. The molecule has 0 saturated heterocycles. The van der Waals surface area contributed by atoms with Crippen LogP contribution < -0.4 is 0 Å². The van der Waals surface area contributed by atoms with Crippen molar-refractivity contribution in [3.63, 3.8) is 0 Å². The van der Waals surface area contributed by atoms with Crippen molar-refractivity contribution in [2.45, 2.75) is 37.5 Å². The Balaban J connectivity index is 1.94. The Morgan fingerprint density at radius 1 is 1.29 bits per heavy atom. The van der Waals surface area contributed by atoms with Crippen molar-refractivity contribution in [2.24, 2.45) is 5.41 Å². The fourth-order valence-electron chi connectivity index (χ4n) is 3.47. The molecule has 88 valence electrons. The van der Waals surface area contributed by atoms with Crippen LogP contribution in [0.4, 0.5) is 4.39 Å². The van der Waals surface area contributed by atoms with Gasteiger partial charge >= 0.3 is 0 Å². The van der Waals surface area contributed by atoms with Crippen LogP contribution in [0.25, 0.3) is 0 Å². The van der Waals surface area contributed by atoms with Gasteiger partial charge in [-0.1, -0.05) is 24.1 Å². The topological polar surface area (TPSA) is 23.8 Å². The molecule has 2 aliphatic carbocycles. The van der Waals surface area contributed by atoms with E-state index >= 15 is 0 Å². The third-order valence-corrected chi connectivity index (χ3v) is 4.74. The van der Waals surface area contributed by atoms with E-state index in [1.54, 1.807) is 6.07 Å². The number of hydrogen-bond donors (Lipinski definition) is 0. The summed E-state index contributed by atoms with van der Waals surface area (Å²) in [6.45, 7) is 0. The molecule has 0 atom stereocenters. The van der Waals surface area contributed by atoms with Crippen LogP contribution in [0, 0.1) is 22.6 Å². The predicted octanol–water partition coefficient (Wildman–Crippen LogP) is 4.20. The molecule has 1 aromatic carbocycles. The molecule has 1 aromatic rings. The summed E-state index contributed by atoms with van der Waals surface area (Å²) < 4.78 is 13.0. The summed E-state index contributed by atoms with van der Waals surface area (Å²) in [5, 5.41) is 9.82. The van der Waals surface area contributed by atoms with Gasteiger partial charge in [-0.3, -0.25) is 0 Å². The van der Waals surface area contributed by atoms with E-state index in [1.165, 1.54) is 31.4 Å². The minimum absolute atomic E-state index is 0.343. The zero-order valence-corrected chi connectivity index (χ0v) is 10.2. The Hall–Kier alpha value is -1.07. The Kier molecular flexibility index (Phi) is 2.25. The van der Waals surface area contributed by atoms with Crippen LogP contribution in [0.5, 0.6) is 0 Å². The van der Waals surface area contributed by atoms with Crippen molar-refractivity contribution in [1.82, 2.24) is 0 Å². The number of nitrogens with zero attached hydrogens (tertiary/aromatic N) is 1. The van der Waals surface area contributed by atoms with Crippen LogP contribution in [-0.4, -0.2) is 0 Å². The van der Waals surface area contributed by atoms with Gasteiger partial charge in [-0.05, 0) is 48.8 Å². The molecule has 0 heterocycles. The van der Waals surface area contributed by atoms with Crippen LogP contribution in [0.3, 0.4) is 0 Å². The maximum absolute atomic E-state index is 13.0. The van der Waals surface area contributed by atoms with Gasteiger partial charge in [-0.2, -0.15) is 5.26 Å². The standard InChI is InChI=1S/C14H13ClFN/c15-12-6-10(16)2-3-11(12)14(9-17)7-13(8-14)4-1-5-13/h2-3,6H,1,4-5,7-8H2.